The van der Waals surface area contributed by atoms with Crippen LogP contribution in [0, 0.1) is 23.0 Å². The smallest absolute Gasteiger partial charge is 0.326 e. The highest BCUT2D eigenvalue weighted by atomic mass is 19.1. The number of halogens is 2. The van der Waals surface area contributed by atoms with Gasteiger partial charge in [0.15, 0.2) is 0 Å². The minimum atomic E-state index is -1.25. The molecule has 0 saturated heterocycles. The van der Waals surface area contributed by atoms with Gasteiger partial charge in [-0.1, -0.05) is 6.07 Å². The summed E-state index contributed by atoms with van der Waals surface area (Å²) >= 11 is 0. The van der Waals surface area contributed by atoms with E-state index in [9.17, 15) is 18.4 Å². The van der Waals surface area contributed by atoms with E-state index in [1.807, 2.05) is 6.07 Å². The van der Waals surface area contributed by atoms with Crippen molar-refractivity contribution >= 4 is 11.9 Å². The van der Waals surface area contributed by atoms with Crippen LogP contribution >= 0.6 is 0 Å². The molecule has 0 unspecified atom stereocenters. The number of benzene rings is 1. The molecule has 0 aliphatic rings. The van der Waals surface area contributed by atoms with Crippen molar-refractivity contribution < 1.29 is 23.5 Å². The van der Waals surface area contributed by atoms with Crippen LogP contribution < -0.4 is 5.32 Å². The van der Waals surface area contributed by atoms with Crippen molar-refractivity contribution in [2.45, 2.75) is 31.7 Å². The van der Waals surface area contributed by atoms with Gasteiger partial charge in [0.1, 0.15) is 17.7 Å². The predicted molar refractivity (Wildman–Crippen MR) is 69.1 cm³/mol. The number of unbranched alkanes of at least 4 members (excludes halogenated alkanes) is 1. The Labute approximate surface area is 120 Å². The molecule has 7 heteroatoms. The Hall–Kier alpha value is -2.49. The zero-order chi connectivity index (χ0) is 15.8. The summed E-state index contributed by atoms with van der Waals surface area (Å²) in [4.78, 5) is 22.7. The summed E-state index contributed by atoms with van der Waals surface area (Å²) in [7, 11) is 0. The highest BCUT2D eigenvalue weighted by molar-refractivity contribution is 5.84. The summed E-state index contributed by atoms with van der Waals surface area (Å²) in [6.45, 7) is 0. The summed E-state index contributed by atoms with van der Waals surface area (Å²) in [5.41, 5.74) is -0.406. The molecule has 112 valence electrons. The number of carbonyl (C=O) groups is 2. The first-order chi connectivity index (χ1) is 9.95. The molecule has 0 aliphatic carbocycles. The fraction of sp³-hybridized carbons (Fsp3) is 0.357. The van der Waals surface area contributed by atoms with Crippen molar-refractivity contribution in [3.63, 3.8) is 0 Å². The van der Waals surface area contributed by atoms with Gasteiger partial charge in [-0.05, 0) is 25.0 Å². The summed E-state index contributed by atoms with van der Waals surface area (Å²) in [6, 6.07) is 3.90. The molecule has 1 amide bonds. The van der Waals surface area contributed by atoms with Crippen LogP contribution in [0.2, 0.25) is 0 Å². The summed E-state index contributed by atoms with van der Waals surface area (Å²) in [6.07, 6.45) is -0.0294. The van der Waals surface area contributed by atoms with Crippen LogP contribution in [-0.4, -0.2) is 23.0 Å². The SMILES string of the molecule is N#CCCC[C@@H](NC(=O)Cc1c(F)cccc1F)C(=O)O. The van der Waals surface area contributed by atoms with Crippen molar-refractivity contribution in [3.8, 4) is 6.07 Å². The molecule has 0 aliphatic heterocycles. The zero-order valence-electron chi connectivity index (χ0n) is 11.1. The number of aliphatic carboxylic acids is 1. The van der Waals surface area contributed by atoms with Gasteiger partial charge < -0.3 is 10.4 Å². The molecule has 1 atom stereocenters. The Bertz CT molecular complexity index is 550. The quantitative estimate of drug-likeness (QED) is 0.750. The number of nitriles is 1. The average molecular weight is 296 g/mol. The van der Waals surface area contributed by atoms with E-state index >= 15 is 0 Å². The number of carbonyl (C=O) groups excluding carboxylic acids is 1. The van der Waals surface area contributed by atoms with Crippen LogP contribution in [0.15, 0.2) is 18.2 Å². The van der Waals surface area contributed by atoms with Crippen molar-refractivity contribution in [1.82, 2.24) is 5.32 Å². The first-order valence-corrected chi connectivity index (χ1v) is 6.27. The van der Waals surface area contributed by atoms with Crippen LogP contribution in [0.3, 0.4) is 0 Å². The number of hydrogen-bond donors (Lipinski definition) is 2. The summed E-state index contributed by atoms with van der Waals surface area (Å²) < 4.78 is 26.8. The maximum absolute atomic E-state index is 13.4. The van der Waals surface area contributed by atoms with E-state index in [0.717, 1.165) is 12.1 Å². The molecule has 1 aromatic carbocycles. The van der Waals surface area contributed by atoms with Crippen LogP contribution in [0.25, 0.3) is 0 Å². The third-order valence-corrected chi connectivity index (χ3v) is 2.81. The Morgan fingerprint density at radius 3 is 2.48 bits per heavy atom. The van der Waals surface area contributed by atoms with E-state index in [1.54, 1.807) is 0 Å². The highest BCUT2D eigenvalue weighted by Crippen LogP contribution is 2.13. The zero-order valence-corrected chi connectivity index (χ0v) is 11.1. The van der Waals surface area contributed by atoms with Gasteiger partial charge in [-0.15, -0.1) is 0 Å². The third-order valence-electron chi connectivity index (χ3n) is 2.81. The Morgan fingerprint density at radius 1 is 1.33 bits per heavy atom. The lowest BCUT2D eigenvalue weighted by Gasteiger charge is -2.14. The Morgan fingerprint density at radius 2 is 1.95 bits per heavy atom. The number of carboxylic acids is 1. The molecule has 1 rings (SSSR count). The van der Waals surface area contributed by atoms with E-state index in [-0.39, 0.29) is 12.8 Å². The van der Waals surface area contributed by atoms with E-state index in [4.69, 9.17) is 10.4 Å². The van der Waals surface area contributed by atoms with Crippen LogP contribution in [-0.2, 0) is 16.0 Å². The van der Waals surface area contributed by atoms with Crippen molar-refractivity contribution in [1.29, 1.82) is 5.26 Å². The molecule has 0 fully saturated rings. The minimum Gasteiger partial charge on any atom is -0.480 e. The normalized spacial score (nSPS) is 11.5. The van der Waals surface area contributed by atoms with Gasteiger partial charge in [-0.25, -0.2) is 13.6 Å². The number of nitrogens with zero attached hydrogens (tertiary/aromatic N) is 1. The molecule has 5 nitrogen and oxygen atoms in total. The van der Waals surface area contributed by atoms with Crippen LogP contribution in [0.5, 0.6) is 0 Å². The second-order valence-corrected chi connectivity index (χ2v) is 4.39. The molecular weight excluding hydrogens is 282 g/mol. The maximum atomic E-state index is 13.4. The Balaban J connectivity index is 2.66. The van der Waals surface area contributed by atoms with E-state index in [0.29, 0.717) is 6.42 Å². The fourth-order valence-corrected chi connectivity index (χ4v) is 1.75. The predicted octanol–water partition coefficient (Wildman–Crippen LogP) is 1.77. The van der Waals surface area contributed by atoms with Gasteiger partial charge in [-0.3, -0.25) is 4.79 Å². The lowest BCUT2D eigenvalue weighted by atomic mass is 10.1. The number of carboxylic acid groups (broad SMARTS) is 1. The Kier molecular flexibility index (Phi) is 6.27. The molecule has 0 bridgehead atoms. The van der Waals surface area contributed by atoms with Gasteiger partial charge in [0, 0.05) is 12.0 Å². The van der Waals surface area contributed by atoms with Crippen molar-refractivity contribution in [2.75, 3.05) is 0 Å². The summed E-state index contributed by atoms with van der Waals surface area (Å²) in [5.74, 6) is -3.76. The molecule has 0 saturated carbocycles. The first-order valence-electron chi connectivity index (χ1n) is 6.27. The highest BCUT2D eigenvalue weighted by Gasteiger charge is 2.21. The van der Waals surface area contributed by atoms with Gasteiger partial charge in [0.2, 0.25) is 5.91 Å². The van der Waals surface area contributed by atoms with Crippen molar-refractivity contribution in [2.24, 2.45) is 0 Å². The largest absolute Gasteiger partial charge is 0.480 e. The standard InChI is InChI=1S/C14H14F2N2O3/c15-10-4-3-5-11(16)9(10)8-13(19)18-12(14(20)21)6-1-2-7-17/h3-5,12H,1-2,6,8H2,(H,18,19)(H,20,21)/t12-/m1/s1. The van der Waals surface area contributed by atoms with Gasteiger partial charge in [-0.2, -0.15) is 5.26 Å². The molecular formula is C14H14F2N2O3. The molecule has 0 heterocycles. The summed E-state index contributed by atoms with van der Waals surface area (Å²) in [5, 5.41) is 19.5. The van der Waals surface area contributed by atoms with Gasteiger partial charge in [0.05, 0.1) is 12.5 Å². The fourth-order valence-electron chi connectivity index (χ4n) is 1.75. The number of nitrogens with one attached hydrogen (secondary N) is 1. The number of rotatable bonds is 7. The molecule has 0 spiro atoms. The van der Waals surface area contributed by atoms with Gasteiger partial charge >= 0.3 is 5.97 Å². The first kappa shape index (κ1) is 16.6. The number of hydrogen-bond acceptors (Lipinski definition) is 3. The van der Waals surface area contributed by atoms with E-state index in [2.05, 4.69) is 5.32 Å². The molecule has 0 aromatic heterocycles. The van der Waals surface area contributed by atoms with Crippen LogP contribution in [0.4, 0.5) is 8.78 Å². The average Bonchev–Trinajstić information content (AvgIpc) is 2.42. The number of amides is 1. The lowest BCUT2D eigenvalue weighted by molar-refractivity contribution is -0.142. The lowest BCUT2D eigenvalue weighted by Crippen LogP contribution is -2.41. The molecule has 1 aromatic rings. The topological polar surface area (TPSA) is 90.2 Å². The molecule has 21 heavy (non-hydrogen) atoms. The molecule has 2 N–H and O–H groups in total. The van der Waals surface area contributed by atoms with Crippen molar-refractivity contribution in [3.05, 3.63) is 35.4 Å². The molecule has 0 radical (unpaired) electrons. The maximum Gasteiger partial charge on any atom is 0.326 e. The second kappa shape index (κ2) is 7.94. The minimum absolute atomic E-state index is 0.0778. The van der Waals surface area contributed by atoms with Gasteiger partial charge in [0.25, 0.3) is 0 Å². The van der Waals surface area contributed by atoms with E-state index in [1.165, 1.54) is 6.07 Å². The second-order valence-electron chi connectivity index (χ2n) is 4.39. The monoisotopic (exact) mass is 296 g/mol. The third kappa shape index (κ3) is 5.18. The van der Waals surface area contributed by atoms with Crippen LogP contribution in [0.1, 0.15) is 24.8 Å². The van der Waals surface area contributed by atoms with E-state index < -0.39 is 41.5 Å².